The van der Waals surface area contributed by atoms with Crippen molar-refractivity contribution in [3.63, 3.8) is 0 Å². The molecule has 0 saturated carbocycles. The molecule has 1 aromatic heterocycles. The minimum atomic E-state index is -0.421. The van der Waals surface area contributed by atoms with Gasteiger partial charge in [0, 0.05) is 29.2 Å². The number of rotatable bonds is 5. The summed E-state index contributed by atoms with van der Waals surface area (Å²) in [6.45, 7) is 4.15. The van der Waals surface area contributed by atoms with Gasteiger partial charge in [0.15, 0.2) is 0 Å². The second kappa shape index (κ2) is 6.07. The molecule has 1 rings (SSSR count). The molecular formula is C11H16BrN3O2. The zero-order valence-electron chi connectivity index (χ0n) is 9.89. The normalized spacial score (nSPS) is 12.8. The molecule has 0 amide bonds. The summed E-state index contributed by atoms with van der Waals surface area (Å²) < 4.78 is 0.602. The van der Waals surface area contributed by atoms with E-state index in [1.165, 1.54) is 6.07 Å². The minimum Gasteiger partial charge on any atom is -0.327 e. The Morgan fingerprint density at radius 1 is 1.59 bits per heavy atom. The van der Waals surface area contributed by atoms with Crippen LogP contribution in [0.25, 0.3) is 0 Å². The minimum absolute atomic E-state index is 0.0265. The van der Waals surface area contributed by atoms with Crippen molar-refractivity contribution in [1.29, 1.82) is 0 Å². The predicted molar refractivity (Wildman–Crippen MR) is 69.7 cm³/mol. The van der Waals surface area contributed by atoms with Gasteiger partial charge in [-0.15, -0.1) is 0 Å². The molecule has 2 N–H and O–H groups in total. The molecule has 6 heteroatoms. The third kappa shape index (κ3) is 4.40. The molecule has 0 radical (unpaired) electrons. The fourth-order valence-corrected chi connectivity index (χ4v) is 2.03. The van der Waals surface area contributed by atoms with E-state index in [1.54, 1.807) is 6.20 Å². The summed E-state index contributed by atoms with van der Waals surface area (Å²) in [5, 5.41) is 10.9. The Bertz CT molecular complexity index is 410. The molecule has 1 unspecified atom stereocenters. The number of nitro groups is 1. The highest BCUT2D eigenvalue weighted by atomic mass is 79.9. The quantitative estimate of drug-likeness (QED) is 0.669. The molecule has 0 aliphatic rings. The van der Waals surface area contributed by atoms with Crippen molar-refractivity contribution >= 4 is 21.6 Å². The highest BCUT2D eigenvalue weighted by molar-refractivity contribution is 9.10. The Morgan fingerprint density at radius 2 is 2.24 bits per heavy atom. The van der Waals surface area contributed by atoms with E-state index in [2.05, 4.69) is 34.8 Å². The number of pyridine rings is 1. The summed E-state index contributed by atoms with van der Waals surface area (Å²) in [5.41, 5.74) is 6.42. The van der Waals surface area contributed by atoms with Crippen molar-refractivity contribution in [2.75, 3.05) is 0 Å². The summed E-state index contributed by atoms with van der Waals surface area (Å²) in [6, 6.07) is 1.37. The second-order valence-corrected chi connectivity index (χ2v) is 5.39. The van der Waals surface area contributed by atoms with Gasteiger partial charge in [0.25, 0.3) is 5.69 Å². The SMILES string of the molecule is CC(C)CC(N)Cc1ncc(Br)cc1[N+](=O)[O-]. The number of nitrogens with two attached hydrogens (primary N) is 1. The molecule has 0 aliphatic heterocycles. The Labute approximate surface area is 109 Å². The van der Waals surface area contributed by atoms with Gasteiger partial charge in [-0.05, 0) is 28.3 Å². The Kier molecular flexibility index (Phi) is 5.02. The van der Waals surface area contributed by atoms with Crippen LogP contribution in [0.1, 0.15) is 26.0 Å². The van der Waals surface area contributed by atoms with Gasteiger partial charge in [-0.2, -0.15) is 0 Å². The fraction of sp³-hybridized carbons (Fsp3) is 0.545. The van der Waals surface area contributed by atoms with Crippen LogP contribution in [0, 0.1) is 16.0 Å². The summed E-state index contributed by atoms with van der Waals surface area (Å²) >= 11 is 3.17. The van der Waals surface area contributed by atoms with Crippen LogP contribution < -0.4 is 5.73 Å². The molecule has 1 atom stereocenters. The summed E-state index contributed by atoms with van der Waals surface area (Å²) in [4.78, 5) is 14.5. The van der Waals surface area contributed by atoms with Gasteiger partial charge in [-0.25, -0.2) is 0 Å². The lowest BCUT2D eigenvalue weighted by atomic mass is 10.00. The van der Waals surface area contributed by atoms with Crippen molar-refractivity contribution in [1.82, 2.24) is 4.98 Å². The molecule has 0 aromatic carbocycles. The van der Waals surface area contributed by atoms with Gasteiger partial charge in [0.05, 0.1) is 4.92 Å². The summed E-state index contributed by atoms with van der Waals surface area (Å²) in [7, 11) is 0. The molecule has 1 heterocycles. The highest BCUT2D eigenvalue weighted by Gasteiger charge is 2.18. The molecule has 0 bridgehead atoms. The van der Waals surface area contributed by atoms with Crippen LogP contribution in [0.2, 0.25) is 0 Å². The van der Waals surface area contributed by atoms with Crippen LogP contribution in [0.5, 0.6) is 0 Å². The fourth-order valence-electron chi connectivity index (χ4n) is 1.71. The number of nitrogens with zero attached hydrogens (tertiary/aromatic N) is 2. The highest BCUT2D eigenvalue weighted by Crippen LogP contribution is 2.22. The van der Waals surface area contributed by atoms with Gasteiger partial charge < -0.3 is 5.73 Å². The van der Waals surface area contributed by atoms with Crippen LogP contribution in [0.3, 0.4) is 0 Å². The molecule has 0 fully saturated rings. The predicted octanol–water partition coefficient (Wildman–Crippen LogP) is 2.67. The van der Waals surface area contributed by atoms with E-state index in [1.807, 2.05) is 0 Å². The van der Waals surface area contributed by atoms with Crippen molar-refractivity contribution in [2.24, 2.45) is 11.7 Å². The first-order valence-corrected chi connectivity index (χ1v) is 6.23. The molecule has 5 nitrogen and oxygen atoms in total. The van der Waals surface area contributed by atoms with E-state index in [9.17, 15) is 10.1 Å². The number of aromatic nitrogens is 1. The third-order valence-corrected chi connectivity index (χ3v) is 2.77. The first-order valence-electron chi connectivity index (χ1n) is 5.44. The van der Waals surface area contributed by atoms with E-state index >= 15 is 0 Å². The lowest BCUT2D eigenvalue weighted by Crippen LogP contribution is -2.25. The van der Waals surface area contributed by atoms with Crippen molar-refractivity contribution in [2.45, 2.75) is 32.7 Å². The molecular weight excluding hydrogens is 286 g/mol. The van der Waals surface area contributed by atoms with Gasteiger partial charge >= 0.3 is 0 Å². The van der Waals surface area contributed by atoms with E-state index in [4.69, 9.17) is 5.73 Å². The first-order chi connectivity index (χ1) is 7.90. The van der Waals surface area contributed by atoms with Crippen LogP contribution in [0.15, 0.2) is 16.7 Å². The van der Waals surface area contributed by atoms with E-state index in [0.717, 1.165) is 6.42 Å². The first kappa shape index (κ1) is 14.1. The number of hydrogen-bond acceptors (Lipinski definition) is 4. The third-order valence-electron chi connectivity index (χ3n) is 2.34. The van der Waals surface area contributed by atoms with Crippen molar-refractivity contribution in [3.8, 4) is 0 Å². The maximum atomic E-state index is 10.9. The monoisotopic (exact) mass is 301 g/mol. The largest absolute Gasteiger partial charge is 0.327 e. The summed E-state index contributed by atoms with van der Waals surface area (Å²) in [5.74, 6) is 0.472. The molecule has 0 saturated heterocycles. The molecule has 1 aromatic rings. The average molecular weight is 302 g/mol. The van der Waals surface area contributed by atoms with Gasteiger partial charge in [0.1, 0.15) is 5.69 Å². The molecule has 17 heavy (non-hydrogen) atoms. The van der Waals surface area contributed by atoms with Gasteiger partial charge in [-0.3, -0.25) is 15.1 Å². The van der Waals surface area contributed by atoms with Crippen LogP contribution in [0.4, 0.5) is 5.69 Å². The zero-order valence-corrected chi connectivity index (χ0v) is 11.5. The van der Waals surface area contributed by atoms with Crippen molar-refractivity contribution < 1.29 is 4.92 Å². The standard InChI is InChI=1S/C11H16BrN3O2/c1-7(2)3-9(13)5-10-11(15(16)17)4-8(12)6-14-10/h4,6-7,9H,3,5,13H2,1-2H3. The smallest absolute Gasteiger partial charge is 0.291 e. The lowest BCUT2D eigenvalue weighted by Gasteiger charge is -2.13. The van der Waals surface area contributed by atoms with E-state index in [0.29, 0.717) is 22.5 Å². The van der Waals surface area contributed by atoms with Crippen LogP contribution in [-0.4, -0.2) is 15.9 Å². The van der Waals surface area contributed by atoms with E-state index < -0.39 is 4.92 Å². The number of hydrogen-bond donors (Lipinski definition) is 1. The maximum absolute atomic E-state index is 10.9. The molecule has 94 valence electrons. The topological polar surface area (TPSA) is 82.0 Å². The maximum Gasteiger partial charge on any atom is 0.291 e. The second-order valence-electron chi connectivity index (χ2n) is 4.47. The Hall–Kier alpha value is -1.01. The average Bonchev–Trinajstić information content (AvgIpc) is 2.19. The molecule has 0 aliphatic carbocycles. The van der Waals surface area contributed by atoms with Crippen LogP contribution in [-0.2, 0) is 6.42 Å². The number of halogens is 1. The Balaban J connectivity index is 2.86. The van der Waals surface area contributed by atoms with Crippen LogP contribution >= 0.6 is 15.9 Å². The summed E-state index contributed by atoms with van der Waals surface area (Å²) in [6.07, 6.45) is 2.82. The lowest BCUT2D eigenvalue weighted by molar-refractivity contribution is -0.386. The van der Waals surface area contributed by atoms with E-state index in [-0.39, 0.29) is 11.7 Å². The zero-order chi connectivity index (χ0) is 13.0. The van der Waals surface area contributed by atoms with Gasteiger partial charge in [0.2, 0.25) is 0 Å². The molecule has 0 spiro atoms. The van der Waals surface area contributed by atoms with Gasteiger partial charge in [-0.1, -0.05) is 13.8 Å². The Morgan fingerprint density at radius 3 is 2.76 bits per heavy atom. The van der Waals surface area contributed by atoms with Crippen molar-refractivity contribution in [3.05, 3.63) is 32.5 Å².